The van der Waals surface area contributed by atoms with E-state index in [1.54, 1.807) is 36.7 Å². The standard InChI is InChI=1S/C17H16N2O4S/c1-22-16-7-6-13(10-17(16)23-2)24(20,21)19-15-5-3-4-12-11-18-9-8-14(12)15/h3-11,19H,1-2H3. The number of nitrogens with zero attached hydrogens (tertiary/aromatic N) is 1. The summed E-state index contributed by atoms with van der Waals surface area (Å²) in [6.45, 7) is 0. The number of fused-ring (bicyclic) bond motifs is 1. The first kappa shape index (κ1) is 16.1. The third-order valence-electron chi connectivity index (χ3n) is 3.59. The first-order chi connectivity index (χ1) is 11.5. The quantitative estimate of drug-likeness (QED) is 0.770. The fraction of sp³-hybridized carbons (Fsp3) is 0.118. The first-order valence-corrected chi connectivity index (χ1v) is 8.61. The predicted octanol–water partition coefficient (Wildman–Crippen LogP) is 3.05. The van der Waals surface area contributed by atoms with Gasteiger partial charge in [0.2, 0.25) is 0 Å². The van der Waals surface area contributed by atoms with Gasteiger partial charge in [-0.15, -0.1) is 0 Å². The number of rotatable bonds is 5. The van der Waals surface area contributed by atoms with Crippen LogP contribution in [0.25, 0.3) is 10.8 Å². The number of aromatic nitrogens is 1. The van der Waals surface area contributed by atoms with Gasteiger partial charge in [-0.05, 0) is 24.3 Å². The van der Waals surface area contributed by atoms with Gasteiger partial charge in [-0.3, -0.25) is 9.71 Å². The predicted molar refractivity (Wildman–Crippen MR) is 92.1 cm³/mol. The zero-order valence-electron chi connectivity index (χ0n) is 13.2. The molecule has 0 amide bonds. The van der Waals surface area contributed by atoms with Gasteiger partial charge in [0.25, 0.3) is 10.0 Å². The second-order valence-electron chi connectivity index (χ2n) is 5.02. The monoisotopic (exact) mass is 344 g/mol. The normalized spacial score (nSPS) is 11.2. The second kappa shape index (κ2) is 6.37. The van der Waals surface area contributed by atoms with E-state index in [4.69, 9.17) is 9.47 Å². The third kappa shape index (κ3) is 2.98. The lowest BCUT2D eigenvalue weighted by Gasteiger charge is -2.13. The molecule has 0 bridgehead atoms. The molecule has 0 aliphatic carbocycles. The molecule has 124 valence electrons. The minimum Gasteiger partial charge on any atom is -0.493 e. The number of methoxy groups -OCH3 is 2. The largest absolute Gasteiger partial charge is 0.493 e. The van der Waals surface area contributed by atoms with Gasteiger partial charge in [0.15, 0.2) is 11.5 Å². The van der Waals surface area contributed by atoms with Gasteiger partial charge in [-0.1, -0.05) is 12.1 Å². The molecule has 7 heteroatoms. The molecule has 0 radical (unpaired) electrons. The SMILES string of the molecule is COc1ccc(S(=O)(=O)Nc2cccc3cnccc23)cc1OC. The molecule has 0 unspecified atom stereocenters. The van der Waals surface area contributed by atoms with Gasteiger partial charge in [-0.2, -0.15) is 0 Å². The maximum atomic E-state index is 12.7. The number of pyridine rings is 1. The van der Waals surface area contributed by atoms with Crippen LogP contribution in [-0.4, -0.2) is 27.6 Å². The summed E-state index contributed by atoms with van der Waals surface area (Å²) in [5, 5.41) is 1.63. The Morgan fingerprint density at radius 1 is 1.00 bits per heavy atom. The third-order valence-corrected chi connectivity index (χ3v) is 4.95. The summed E-state index contributed by atoms with van der Waals surface area (Å²) in [6, 6.07) is 11.6. The highest BCUT2D eigenvalue weighted by Gasteiger charge is 2.18. The summed E-state index contributed by atoms with van der Waals surface area (Å²) in [5.74, 6) is 0.815. The number of sulfonamides is 1. The molecule has 3 aromatic rings. The second-order valence-corrected chi connectivity index (χ2v) is 6.71. The van der Waals surface area contributed by atoms with Gasteiger partial charge >= 0.3 is 0 Å². The van der Waals surface area contributed by atoms with Crippen LogP contribution in [0, 0.1) is 0 Å². The number of nitrogens with one attached hydrogen (secondary N) is 1. The van der Waals surface area contributed by atoms with Crippen molar-refractivity contribution in [3.63, 3.8) is 0 Å². The average Bonchev–Trinajstić information content (AvgIpc) is 2.61. The molecule has 0 aliphatic heterocycles. The summed E-state index contributed by atoms with van der Waals surface area (Å²) in [5.41, 5.74) is 0.490. The van der Waals surface area contributed by atoms with E-state index < -0.39 is 10.0 Å². The van der Waals surface area contributed by atoms with E-state index in [1.165, 1.54) is 26.4 Å². The van der Waals surface area contributed by atoms with E-state index >= 15 is 0 Å². The van der Waals surface area contributed by atoms with Crippen LogP contribution in [-0.2, 0) is 10.0 Å². The fourth-order valence-corrected chi connectivity index (χ4v) is 3.49. The van der Waals surface area contributed by atoms with Crippen LogP contribution < -0.4 is 14.2 Å². The van der Waals surface area contributed by atoms with E-state index in [2.05, 4.69) is 9.71 Å². The lowest BCUT2D eigenvalue weighted by atomic mass is 10.1. The Bertz CT molecular complexity index is 982. The smallest absolute Gasteiger partial charge is 0.262 e. The number of benzene rings is 2. The Morgan fingerprint density at radius 2 is 1.79 bits per heavy atom. The van der Waals surface area contributed by atoms with E-state index in [9.17, 15) is 8.42 Å². The van der Waals surface area contributed by atoms with Gasteiger partial charge in [0, 0.05) is 29.2 Å². The van der Waals surface area contributed by atoms with Gasteiger partial charge in [0.05, 0.1) is 24.8 Å². The molecule has 0 aliphatic rings. The Balaban J connectivity index is 2.02. The minimum atomic E-state index is -3.77. The zero-order chi connectivity index (χ0) is 17.2. The maximum Gasteiger partial charge on any atom is 0.262 e. The van der Waals surface area contributed by atoms with Crippen molar-refractivity contribution in [2.24, 2.45) is 0 Å². The van der Waals surface area contributed by atoms with Gasteiger partial charge in [-0.25, -0.2) is 8.42 Å². The Morgan fingerprint density at radius 3 is 2.54 bits per heavy atom. The number of hydrogen-bond donors (Lipinski definition) is 1. The molecule has 0 saturated carbocycles. The van der Waals surface area contributed by atoms with Crippen molar-refractivity contribution in [3.8, 4) is 11.5 Å². The molecule has 3 rings (SSSR count). The maximum absolute atomic E-state index is 12.7. The molecule has 0 fully saturated rings. The molecule has 1 aromatic heterocycles. The van der Waals surface area contributed by atoms with Crippen LogP contribution in [0.15, 0.2) is 59.8 Å². The summed E-state index contributed by atoms with van der Waals surface area (Å²) in [6.07, 6.45) is 3.31. The van der Waals surface area contributed by atoms with Crippen LogP contribution in [0.2, 0.25) is 0 Å². The number of hydrogen-bond acceptors (Lipinski definition) is 5. The van der Waals surface area contributed by atoms with Crippen molar-refractivity contribution in [2.45, 2.75) is 4.90 Å². The molecule has 0 saturated heterocycles. The van der Waals surface area contributed by atoms with Crippen molar-refractivity contribution < 1.29 is 17.9 Å². The zero-order valence-corrected chi connectivity index (χ0v) is 14.0. The molecule has 2 aromatic carbocycles. The molecule has 1 N–H and O–H groups in total. The van der Waals surface area contributed by atoms with Crippen molar-refractivity contribution in [1.29, 1.82) is 0 Å². The summed E-state index contributed by atoms with van der Waals surface area (Å²) in [7, 11) is -0.816. The highest BCUT2D eigenvalue weighted by atomic mass is 32.2. The summed E-state index contributed by atoms with van der Waals surface area (Å²) >= 11 is 0. The van der Waals surface area contributed by atoms with Crippen molar-refractivity contribution in [2.75, 3.05) is 18.9 Å². The molecule has 6 nitrogen and oxygen atoms in total. The van der Waals surface area contributed by atoms with Crippen molar-refractivity contribution in [1.82, 2.24) is 4.98 Å². The molecule has 1 heterocycles. The molecule has 24 heavy (non-hydrogen) atoms. The van der Waals surface area contributed by atoms with Crippen molar-refractivity contribution >= 4 is 26.5 Å². The molecule has 0 atom stereocenters. The van der Waals surface area contributed by atoms with E-state index in [0.29, 0.717) is 17.2 Å². The van der Waals surface area contributed by atoms with E-state index in [1.807, 2.05) is 6.07 Å². The van der Waals surface area contributed by atoms with Crippen molar-refractivity contribution in [3.05, 3.63) is 54.9 Å². The average molecular weight is 344 g/mol. The Kier molecular flexibility index (Phi) is 4.26. The topological polar surface area (TPSA) is 77.5 Å². The molecule has 0 spiro atoms. The van der Waals surface area contributed by atoms with Gasteiger partial charge in [0.1, 0.15) is 0 Å². The van der Waals surface area contributed by atoms with Gasteiger partial charge < -0.3 is 9.47 Å². The Hall–Kier alpha value is -2.80. The van der Waals surface area contributed by atoms with Crippen LogP contribution in [0.1, 0.15) is 0 Å². The van der Waals surface area contributed by atoms with Crippen LogP contribution in [0.3, 0.4) is 0 Å². The number of ether oxygens (including phenoxy) is 2. The lowest BCUT2D eigenvalue weighted by molar-refractivity contribution is 0.354. The Labute approximate surface area is 140 Å². The summed E-state index contributed by atoms with van der Waals surface area (Å²) in [4.78, 5) is 4.13. The van der Waals surface area contributed by atoms with Crippen LogP contribution >= 0.6 is 0 Å². The first-order valence-electron chi connectivity index (χ1n) is 7.13. The lowest BCUT2D eigenvalue weighted by Crippen LogP contribution is -2.13. The molecular weight excluding hydrogens is 328 g/mol. The van der Waals surface area contributed by atoms with E-state index in [0.717, 1.165) is 10.8 Å². The highest BCUT2D eigenvalue weighted by molar-refractivity contribution is 7.92. The highest BCUT2D eigenvalue weighted by Crippen LogP contribution is 2.31. The summed E-state index contributed by atoms with van der Waals surface area (Å²) < 4.78 is 38.3. The van der Waals surface area contributed by atoms with Crippen LogP contribution in [0.4, 0.5) is 5.69 Å². The fourth-order valence-electron chi connectivity index (χ4n) is 2.40. The van der Waals surface area contributed by atoms with E-state index in [-0.39, 0.29) is 4.90 Å². The number of anilines is 1. The van der Waals surface area contributed by atoms with Crippen LogP contribution in [0.5, 0.6) is 11.5 Å². The molecular formula is C17H16N2O4S. The minimum absolute atomic E-state index is 0.0891.